The van der Waals surface area contributed by atoms with Gasteiger partial charge in [0.25, 0.3) is 0 Å². The number of benzene rings is 1. The Hall–Kier alpha value is -2.88. The Balaban J connectivity index is 2.05. The third-order valence-corrected chi connectivity index (χ3v) is 5.26. The fraction of sp³-hybridized carbons (Fsp3) is 0.385. The molecule has 3 aromatic rings. The minimum Gasteiger partial charge on any atom is -0.493 e. The monoisotopic (exact) mass is 404 g/mol. The van der Waals surface area contributed by atoms with Crippen molar-refractivity contribution >= 4 is 0 Å². The highest BCUT2D eigenvalue weighted by atomic mass is 16.5. The van der Waals surface area contributed by atoms with Crippen LogP contribution in [0.15, 0.2) is 55.0 Å². The van der Waals surface area contributed by atoms with Crippen molar-refractivity contribution in [3.8, 4) is 22.8 Å². The predicted molar refractivity (Wildman–Crippen MR) is 122 cm³/mol. The highest BCUT2D eigenvalue weighted by molar-refractivity contribution is 5.69. The molecule has 2 heterocycles. The highest BCUT2D eigenvalue weighted by Gasteiger charge is 2.21. The minimum atomic E-state index is -0.130. The first-order valence-corrected chi connectivity index (χ1v) is 11.0. The van der Waals surface area contributed by atoms with Gasteiger partial charge in [-0.15, -0.1) is 0 Å². The van der Waals surface area contributed by atoms with Crippen LogP contribution in [0.3, 0.4) is 0 Å². The van der Waals surface area contributed by atoms with Crippen LogP contribution in [0.1, 0.15) is 63.3 Å². The van der Waals surface area contributed by atoms with Crippen molar-refractivity contribution in [2.75, 3.05) is 6.61 Å². The summed E-state index contributed by atoms with van der Waals surface area (Å²) in [5.74, 6) is 1.60. The van der Waals surface area contributed by atoms with Crippen LogP contribution in [0.2, 0.25) is 0 Å². The first-order chi connectivity index (χ1) is 14.7. The zero-order chi connectivity index (χ0) is 21.3. The Labute approximate surface area is 180 Å². The summed E-state index contributed by atoms with van der Waals surface area (Å²) in [4.78, 5) is 9.05. The second-order valence-corrected chi connectivity index (χ2v) is 7.28. The van der Waals surface area contributed by atoms with Crippen LogP contribution >= 0.6 is 0 Å². The predicted octanol–water partition coefficient (Wildman–Crippen LogP) is 6.59. The maximum absolute atomic E-state index is 6.28. The summed E-state index contributed by atoms with van der Waals surface area (Å²) in [7, 11) is 0. The molecule has 2 aromatic heterocycles. The summed E-state index contributed by atoms with van der Waals surface area (Å²) < 4.78 is 12.4. The third kappa shape index (κ3) is 4.99. The molecule has 1 aromatic carbocycles. The lowest BCUT2D eigenvalue weighted by Crippen LogP contribution is -2.11. The fourth-order valence-electron chi connectivity index (χ4n) is 3.80. The van der Waals surface area contributed by atoms with E-state index in [1.165, 1.54) is 16.7 Å². The standard InChI is InChI=1S/C26H32N2O2/c1-5-11-24(30-21-14-10-15-27-17-21)22-18-28-23(16-25(22)29-8-4)26-19(6-2)12-9-13-20(26)7-3/h9-10,12-18,24H,5-8,11H2,1-4H3. The number of hydrogen-bond acceptors (Lipinski definition) is 4. The Morgan fingerprint density at radius 1 is 0.933 bits per heavy atom. The molecule has 0 aliphatic heterocycles. The molecule has 1 atom stereocenters. The van der Waals surface area contributed by atoms with Crippen molar-refractivity contribution in [1.29, 1.82) is 0 Å². The molecule has 1 unspecified atom stereocenters. The van der Waals surface area contributed by atoms with Gasteiger partial charge in [-0.05, 0) is 49.4 Å². The van der Waals surface area contributed by atoms with Crippen molar-refractivity contribution in [2.24, 2.45) is 0 Å². The second-order valence-electron chi connectivity index (χ2n) is 7.28. The average Bonchev–Trinajstić information content (AvgIpc) is 2.79. The van der Waals surface area contributed by atoms with Gasteiger partial charge in [-0.1, -0.05) is 45.4 Å². The molecule has 4 nitrogen and oxygen atoms in total. The van der Waals surface area contributed by atoms with E-state index in [0.29, 0.717) is 6.61 Å². The Bertz CT molecular complexity index is 919. The SMILES string of the molecule is CCCC(Oc1cccnc1)c1cnc(-c2c(CC)cccc2CC)cc1OCC. The molecular weight excluding hydrogens is 372 g/mol. The van der Waals surface area contributed by atoms with Gasteiger partial charge in [0.05, 0.1) is 24.1 Å². The van der Waals surface area contributed by atoms with Gasteiger partial charge in [-0.25, -0.2) is 0 Å². The van der Waals surface area contributed by atoms with Gasteiger partial charge in [-0.2, -0.15) is 0 Å². The summed E-state index contributed by atoms with van der Waals surface area (Å²) in [6.07, 6.45) is 9.12. The molecule has 0 radical (unpaired) electrons. The molecule has 158 valence electrons. The smallest absolute Gasteiger partial charge is 0.138 e. The van der Waals surface area contributed by atoms with Crippen LogP contribution in [0.4, 0.5) is 0 Å². The quantitative estimate of drug-likeness (QED) is 0.382. The molecule has 0 spiro atoms. The van der Waals surface area contributed by atoms with Gasteiger partial charge in [0.15, 0.2) is 0 Å². The van der Waals surface area contributed by atoms with Gasteiger partial charge in [-0.3, -0.25) is 9.97 Å². The van der Waals surface area contributed by atoms with Gasteiger partial charge < -0.3 is 9.47 Å². The van der Waals surface area contributed by atoms with Crippen LogP contribution in [-0.2, 0) is 12.8 Å². The molecule has 3 rings (SSSR count). The highest BCUT2D eigenvalue weighted by Crippen LogP contribution is 2.36. The van der Waals surface area contributed by atoms with Crippen molar-refractivity contribution in [1.82, 2.24) is 9.97 Å². The molecule has 0 saturated heterocycles. The van der Waals surface area contributed by atoms with Crippen LogP contribution in [0.25, 0.3) is 11.3 Å². The number of aryl methyl sites for hydroxylation is 2. The Morgan fingerprint density at radius 3 is 2.30 bits per heavy atom. The summed E-state index contributed by atoms with van der Waals surface area (Å²) in [6.45, 7) is 9.15. The van der Waals surface area contributed by atoms with Crippen LogP contribution in [0, 0.1) is 0 Å². The third-order valence-electron chi connectivity index (χ3n) is 5.26. The zero-order valence-corrected chi connectivity index (χ0v) is 18.5. The van der Waals surface area contributed by atoms with Crippen molar-refractivity contribution < 1.29 is 9.47 Å². The topological polar surface area (TPSA) is 44.2 Å². The molecule has 4 heteroatoms. The summed E-state index contributed by atoms with van der Waals surface area (Å²) in [5.41, 5.74) is 5.81. The van der Waals surface area contributed by atoms with Gasteiger partial charge >= 0.3 is 0 Å². The maximum atomic E-state index is 6.28. The van der Waals surface area contributed by atoms with Gasteiger partial charge in [0.1, 0.15) is 17.6 Å². The number of rotatable bonds is 10. The summed E-state index contributed by atoms with van der Waals surface area (Å²) in [6, 6.07) is 12.4. The Kier molecular flexibility index (Phi) is 7.83. The largest absolute Gasteiger partial charge is 0.493 e. The number of hydrogen-bond donors (Lipinski definition) is 0. The van der Waals surface area contributed by atoms with E-state index in [1.807, 2.05) is 25.3 Å². The van der Waals surface area contributed by atoms with E-state index in [2.05, 4.69) is 50.0 Å². The fourth-order valence-corrected chi connectivity index (χ4v) is 3.80. The molecule has 30 heavy (non-hydrogen) atoms. The number of nitrogens with zero attached hydrogens (tertiary/aromatic N) is 2. The van der Waals surface area contributed by atoms with E-state index < -0.39 is 0 Å². The molecule has 0 fully saturated rings. The first-order valence-electron chi connectivity index (χ1n) is 11.0. The lowest BCUT2D eigenvalue weighted by atomic mass is 9.94. The van der Waals surface area contributed by atoms with E-state index in [0.717, 1.165) is 48.4 Å². The van der Waals surface area contributed by atoms with E-state index >= 15 is 0 Å². The maximum Gasteiger partial charge on any atom is 0.138 e. The van der Waals surface area contributed by atoms with Crippen molar-refractivity contribution in [3.05, 3.63) is 71.7 Å². The molecule has 0 amide bonds. The zero-order valence-electron chi connectivity index (χ0n) is 18.5. The average molecular weight is 405 g/mol. The molecule has 0 N–H and O–H groups in total. The molecular formula is C26H32N2O2. The molecule has 0 bridgehead atoms. The van der Waals surface area contributed by atoms with Gasteiger partial charge in [0.2, 0.25) is 0 Å². The van der Waals surface area contributed by atoms with Crippen LogP contribution in [0.5, 0.6) is 11.5 Å². The van der Waals surface area contributed by atoms with Gasteiger partial charge in [0, 0.05) is 24.0 Å². The second kappa shape index (κ2) is 10.8. The molecule has 0 aliphatic rings. The number of aromatic nitrogens is 2. The Morgan fingerprint density at radius 2 is 1.70 bits per heavy atom. The molecule has 0 saturated carbocycles. The summed E-state index contributed by atoms with van der Waals surface area (Å²) >= 11 is 0. The van der Waals surface area contributed by atoms with E-state index in [4.69, 9.17) is 14.5 Å². The molecule has 0 aliphatic carbocycles. The van der Waals surface area contributed by atoms with Crippen LogP contribution < -0.4 is 9.47 Å². The first kappa shape index (κ1) is 21.8. The van der Waals surface area contributed by atoms with Crippen LogP contribution in [-0.4, -0.2) is 16.6 Å². The lowest BCUT2D eigenvalue weighted by Gasteiger charge is -2.22. The lowest BCUT2D eigenvalue weighted by molar-refractivity contribution is 0.186. The van der Waals surface area contributed by atoms with E-state index in [9.17, 15) is 0 Å². The van der Waals surface area contributed by atoms with E-state index in [1.54, 1.807) is 12.4 Å². The normalized spacial score (nSPS) is 11.9. The number of pyridine rings is 2. The van der Waals surface area contributed by atoms with Crippen molar-refractivity contribution in [2.45, 2.75) is 59.5 Å². The van der Waals surface area contributed by atoms with E-state index in [-0.39, 0.29) is 6.10 Å². The van der Waals surface area contributed by atoms with Crippen molar-refractivity contribution in [3.63, 3.8) is 0 Å². The number of ether oxygens (including phenoxy) is 2. The minimum absolute atomic E-state index is 0.130. The summed E-state index contributed by atoms with van der Waals surface area (Å²) in [5, 5.41) is 0.